The van der Waals surface area contributed by atoms with Gasteiger partial charge in [0, 0.05) is 6.07 Å². The van der Waals surface area contributed by atoms with E-state index in [1.54, 1.807) is 0 Å². The molecular weight excluding hydrogens is 258 g/mol. The standard InChI is InChI=1S/C7H2ClF4NO3/c8-4-1-3(16-7(10,11)12)2-5(6(4)9)13(14)15/h1-2H. The van der Waals surface area contributed by atoms with E-state index in [1.807, 2.05) is 0 Å². The molecule has 0 radical (unpaired) electrons. The van der Waals surface area contributed by atoms with Gasteiger partial charge in [-0.2, -0.15) is 4.39 Å². The Hall–Kier alpha value is -1.57. The second-order valence-electron chi connectivity index (χ2n) is 2.54. The predicted octanol–water partition coefficient (Wildman–Crippen LogP) is 3.29. The third kappa shape index (κ3) is 2.96. The van der Waals surface area contributed by atoms with Crippen molar-refractivity contribution in [2.75, 3.05) is 0 Å². The highest BCUT2D eigenvalue weighted by atomic mass is 35.5. The number of halogens is 5. The molecule has 1 rings (SSSR count). The first-order valence-electron chi connectivity index (χ1n) is 3.60. The molecular formula is C7H2ClF4NO3. The van der Waals surface area contributed by atoms with Gasteiger partial charge in [-0.25, -0.2) is 0 Å². The number of hydrogen-bond acceptors (Lipinski definition) is 3. The summed E-state index contributed by atoms with van der Waals surface area (Å²) >= 11 is 5.17. The lowest BCUT2D eigenvalue weighted by Crippen LogP contribution is -2.17. The van der Waals surface area contributed by atoms with Crippen molar-refractivity contribution in [2.45, 2.75) is 6.36 Å². The van der Waals surface area contributed by atoms with Crippen LogP contribution in [0.25, 0.3) is 0 Å². The summed E-state index contributed by atoms with van der Waals surface area (Å²) in [5.41, 5.74) is -1.19. The van der Waals surface area contributed by atoms with Crippen LogP contribution in [0, 0.1) is 15.9 Å². The van der Waals surface area contributed by atoms with E-state index in [1.165, 1.54) is 0 Å². The second kappa shape index (κ2) is 4.12. The molecule has 0 saturated carbocycles. The lowest BCUT2D eigenvalue weighted by molar-refractivity contribution is -0.387. The smallest absolute Gasteiger partial charge is 0.405 e. The average molecular weight is 260 g/mol. The molecule has 0 saturated heterocycles. The van der Waals surface area contributed by atoms with Crippen molar-refractivity contribution in [3.8, 4) is 5.75 Å². The molecule has 0 amide bonds. The second-order valence-corrected chi connectivity index (χ2v) is 2.95. The van der Waals surface area contributed by atoms with Crippen molar-refractivity contribution in [3.05, 3.63) is 33.1 Å². The minimum Gasteiger partial charge on any atom is -0.405 e. The number of nitrogens with zero attached hydrogens (tertiary/aromatic N) is 1. The maximum atomic E-state index is 13.0. The molecule has 1 aromatic rings. The first-order valence-corrected chi connectivity index (χ1v) is 3.97. The first-order chi connectivity index (χ1) is 7.20. The zero-order chi connectivity index (χ0) is 12.5. The van der Waals surface area contributed by atoms with Gasteiger partial charge in [-0.1, -0.05) is 11.6 Å². The summed E-state index contributed by atoms with van der Waals surface area (Å²) in [6.07, 6.45) is -5.03. The largest absolute Gasteiger partial charge is 0.573 e. The van der Waals surface area contributed by atoms with Crippen LogP contribution >= 0.6 is 11.6 Å². The van der Waals surface area contributed by atoms with Gasteiger partial charge in [0.05, 0.1) is 16.0 Å². The fourth-order valence-corrected chi connectivity index (χ4v) is 1.08. The van der Waals surface area contributed by atoms with Crippen molar-refractivity contribution in [3.63, 3.8) is 0 Å². The van der Waals surface area contributed by atoms with E-state index in [4.69, 9.17) is 11.6 Å². The molecule has 0 N–H and O–H groups in total. The number of benzene rings is 1. The van der Waals surface area contributed by atoms with Crippen LogP contribution < -0.4 is 4.74 Å². The summed E-state index contributed by atoms with van der Waals surface area (Å²) in [5.74, 6) is -2.37. The average Bonchev–Trinajstić information content (AvgIpc) is 2.07. The predicted molar refractivity (Wildman–Crippen MR) is 44.7 cm³/mol. The SMILES string of the molecule is O=[N+]([O-])c1cc(OC(F)(F)F)cc(Cl)c1F. The fourth-order valence-electron chi connectivity index (χ4n) is 0.876. The molecule has 0 aromatic heterocycles. The van der Waals surface area contributed by atoms with Gasteiger partial charge in [-0.15, -0.1) is 13.2 Å². The molecule has 0 atom stereocenters. The zero-order valence-corrected chi connectivity index (χ0v) is 7.97. The van der Waals surface area contributed by atoms with Gasteiger partial charge in [0.1, 0.15) is 5.75 Å². The lowest BCUT2D eigenvalue weighted by Gasteiger charge is -2.09. The summed E-state index contributed by atoms with van der Waals surface area (Å²) in [5, 5.41) is 9.44. The van der Waals surface area contributed by atoms with Crippen molar-refractivity contribution in [1.29, 1.82) is 0 Å². The topological polar surface area (TPSA) is 52.4 Å². The van der Waals surface area contributed by atoms with E-state index in [0.717, 1.165) is 0 Å². The highest BCUT2D eigenvalue weighted by Gasteiger charge is 2.32. The van der Waals surface area contributed by atoms with Crippen LogP contribution in [0.3, 0.4) is 0 Å². The van der Waals surface area contributed by atoms with Gasteiger partial charge in [0.2, 0.25) is 5.82 Å². The maximum absolute atomic E-state index is 13.0. The van der Waals surface area contributed by atoms with E-state index in [-0.39, 0.29) is 0 Å². The van der Waals surface area contributed by atoms with Gasteiger partial charge in [-0.3, -0.25) is 10.1 Å². The molecule has 0 aliphatic rings. The third-order valence-electron chi connectivity index (χ3n) is 1.41. The van der Waals surface area contributed by atoms with Crippen molar-refractivity contribution in [1.82, 2.24) is 0 Å². The quantitative estimate of drug-likeness (QED) is 0.465. The van der Waals surface area contributed by atoms with Crippen LogP contribution in [0.15, 0.2) is 12.1 Å². The Morgan fingerprint density at radius 3 is 2.38 bits per heavy atom. The summed E-state index contributed by atoms with van der Waals surface area (Å²) < 4.78 is 51.7. The summed E-state index contributed by atoms with van der Waals surface area (Å²) in [7, 11) is 0. The number of nitro benzene ring substituents is 1. The van der Waals surface area contributed by atoms with Crippen LogP contribution in [-0.2, 0) is 0 Å². The van der Waals surface area contributed by atoms with Crippen molar-refractivity contribution < 1.29 is 27.2 Å². The fraction of sp³-hybridized carbons (Fsp3) is 0.143. The summed E-state index contributed by atoms with van der Waals surface area (Å²) in [6, 6.07) is 0.798. The van der Waals surface area contributed by atoms with Crippen molar-refractivity contribution >= 4 is 17.3 Å². The molecule has 88 valence electrons. The van der Waals surface area contributed by atoms with Crippen LogP contribution in [0.5, 0.6) is 5.75 Å². The molecule has 4 nitrogen and oxygen atoms in total. The number of hydrogen-bond donors (Lipinski definition) is 0. The molecule has 0 fully saturated rings. The van der Waals surface area contributed by atoms with Crippen molar-refractivity contribution in [2.24, 2.45) is 0 Å². The summed E-state index contributed by atoms with van der Waals surface area (Å²) in [4.78, 5) is 9.06. The summed E-state index contributed by atoms with van der Waals surface area (Å²) in [6.45, 7) is 0. The number of alkyl halides is 3. The molecule has 0 bridgehead atoms. The van der Waals surface area contributed by atoms with Crippen LogP contribution in [0.4, 0.5) is 23.2 Å². The molecule has 1 aromatic carbocycles. The van der Waals surface area contributed by atoms with Gasteiger partial charge >= 0.3 is 12.0 Å². The Kier molecular flexibility index (Phi) is 3.22. The lowest BCUT2D eigenvalue weighted by atomic mass is 10.3. The highest BCUT2D eigenvalue weighted by Crippen LogP contribution is 2.32. The van der Waals surface area contributed by atoms with Crippen LogP contribution in [0.2, 0.25) is 5.02 Å². The van der Waals surface area contributed by atoms with E-state index in [2.05, 4.69) is 4.74 Å². The maximum Gasteiger partial charge on any atom is 0.573 e. The monoisotopic (exact) mass is 259 g/mol. The molecule has 16 heavy (non-hydrogen) atoms. The van der Waals surface area contributed by atoms with Gasteiger partial charge in [-0.05, 0) is 0 Å². The van der Waals surface area contributed by atoms with E-state index < -0.39 is 33.6 Å². The highest BCUT2D eigenvalue weighted by molar-refractivity contribution is 6.31. The molecule has 0 spiro atoms. The molecule has 0 heterocycles. The Labute approximate surface area is 90.5 Å². The Bertz CT molecular complexity index is 434. The van der Waals surface area contributed by atoms with Gasteiger partial charge in [0.15, 0.2) is 0 Å². The molecule has 0 aliphatic carbocycles. The zero-order valence-electron chi connectivity index (χ0n) is 7.22. The van der Waals surface area contributed by atoms with Gasteiger partial charge in [0.25, 0.3) is 0 Å². The molecule has 9 heteroatoms. The van der Waals surface area contributed by atoms with Crippen LogP contribution in [-0.4, -0.2) is 11.3 Å². The van der Waals surface area contributed by atoms with Gasteiger partial charge < -0.3 is 4.74 Å². The Morgan fingerprint density at radius 2 is 1.94 bits per heavy atom. The van der Waals surface area contributed by atoms with Crippen LogP contribution in [0.1, 0.15) is 0 Å². The number of nitro groups is 1. The molecule has 0 aliphatic heterocycles. The molecule has 0 unspecified atom stereocenters. The Balaban J connectivity index is 3.19. The first kappa shape index (κ1) is 12.5. The number of ether oxygens (including phenoxy) is 1. The van der Waals surface area contributed by atoms with E-state index in [9.17, 15) is 27.7 Å². The minimum atomic E-state index is -5.03. The van der Waals surface area contributed by atoms with E-state index >= 15 is 0 Å². The Morgan fingerprint density at radius 1 is 1.38 bits per heavy atom. The minimum absolute atomic E-state index is 0.300. The normalized spacial score (nSPS) is 11.3. The van der Waals surface area contributed by atoms with E-state index in [0.29, 0.717) is 12.1 Å². The third-order valence-corrected chi connectivity index (χ3v) is 1.69. The number of rotatable bonds is 2.